The average Bonchev–Trinajstić information content (AvgIpc) is 2.35. The van der Waals surface area contributed by atoms with E-state index in [2.05, 4.69) is 30.2 Å². The van der Waals surface area contributed by atoms with E-state index in [9.17, 15) is 0 Å². The zero-order chi connectivity index (χ0) is 11.0. The van der Waals surface area contributed by atoms with Gasteiger partial charge in [0.2, 0.25) is 0 Å². The van der Waals surface area contributed by atoms with Crippen molar-refractivity contribution in [3.05, 3.63) is 54.5 Å². The molecule has 2 radical (unpaired) electrons. The third-order valence-corrected chi connectivity index (χ3v) is 4.92. The molecule has 2 aromatic carbocycles. The third-order valence-electron chi connectivity index (χ3n) is 2.32. The van der Waals surface area contributed by atoms with Gasteiger partial charge in [-0.1, -0.05) is 47.6 Å². The predicted octanol–water partition coefficient (Wildman–Crippen LogP) is 4.04. The van der Waals surface area contributed by atoms with E-state index in [-0.39, 0.29) is 0 Å². The second kappa shape index (κ2) is 3.93. The van der Waals surface area contributed by atoms with Crippen LogP contribution in [0.1, 0.15) is 5.56 Å². The van der Waals surface area contributed by atoms with Crippen LogP contribution in [0.25, 0.3) is 0 Å². The quantitative estimate of drug-likeness (QED) is 0.542. The molecule has 0 nitrogen and oxygen atoms in total. The minimum absolute atomic E-state index is 0.754. The lowest BCUT2D eigenvalue weighted by molar-refractivity contribution is 1.14. The number of rotatable bonds is 0. The first-order chi connectivity index (χ1) is 7.88. The van der Waals surface area contributed by atoms with E-state index >= 15 is 0 Å². The molecular formula is C14H6S2. The molecule has 0 atom stereocenters. The topological polar surface area (TPSA) is 0 Å². The molecular weight excluding hydrogens is 232 g/mol. The Kier molecular flexibility index (Phi) is 2.43. The predicted molar refractivity (Wildman–Crippen MR) is 66.2 cm³/mol. The highest BCUT2D eigenvalue weighted by atomic mass is 32.2. The largest absolute Gasteiger partial charge is 0.0877 e. The first-order valence-electron chi connectivity index (χ1n) is 4.80. The second-order valence-corrected chi connectivity index (χ2v) is 5.46. The Morgan fingerprint density at radius 1 is 1.00 bits per heavy atom. The highest BCUT2D eigenvalue weighted by molar-refractivity contribution is 8.05. The van der Waals surface area contributed by atoms with E-state index in [0.29, 0.717) is 0 Å². The standard InChI is InChI=1S/C14H6S2/c1-2-10-6-5-9-13-14(10)16-12-8-4-3-7-11(12)15-13/h3-5,7-9H. The highest BCUT2D eigenvalue weighted by Gasteiger charge is 2.18. The molecule has 0 N–H and O–H groups in total. The summed E-state index contributed by atoms with van der Waals surface area (Å²) in [6.45, 7) is 0. The van der Waals surface area contributed by atoms with Gasteiger partial charge in [0.05, 0.1) is 0 Å². The fourth-order valence-electron chi connectivity index (χ4n) is 1.59. The summed E-state index contributed by atoms with van der Waals surface area (Å²) in [5, 5.41) is 0. The highest BCUT2D eigenvalue weighted by Crippen LogP contribution is 2.49. The van der Waals surface area contributed by atoms with Crippen molar-refractivity contribution < 1.29 is 0 Å². The van der Waals surface area contributed by atoms with Gasteiger partial charge in [-0.2, -0.15) is 0 Å². The summed E-state index contributed by atoms with van der Waals surface area (Å²) in [7, 11) is 0. The maximum atomic E-state index is 7.26. The number of hydrogen-bond acceptors (Lipinski definition) is 2. The van der Waals surface area contributed by atoms with Crippen molar-refractivity contribution >= 4 is 23.5 Å². The van der Waals surface area contributed by atoms with Gasteiger partial charge in [0, 0.05) is 25.1 Å². The van der Waals surface area contributed by atoms with Gasteiger partial charge >= 0.3 is 0 Å². The van der Waals surface area contributed by atoms with E-state index in [1.807, 2.05) is 18.2 Å². The van der Waals surface area contributed by atoms with Crippen molar-refractivity contribution in [3.8, 4) is 5.92 Å². The molecule has 3 rings (SSSR count). The summed E-state index contributed by atoms with van der Waals surface area (Å²) in [4.78, 5) is 4.82. The fraction of sp³-hybridized carbons (Fsp3) is 0. The van der Waals surface area contributed by atoms with Crippen molar-refractivity contribution in [2.24, 2.45) is 0 Å². The molecule has 1 heterocycles. The average molecular weight is 238 g/mol. The van der Waals surface area contributed by atoms with Crippen LogP contribution in [0, 0.1) is 18.4 Å². The van der Waals surface area contributed by atoms with Gasteiger partial charge in [-0.25, -0.2) is 0 Å². The Morgan fingerprint density at radius 2 is 1.75 bits per heavy atom. The van der Waals surface area contributed by atoms with Crippen LogP contribution < -0.4 is 0 Å². The van der Waals surface area contributed by atoms with Crippen LogP contribution in [0.3, 0.4) is 0 Å². The van der Waals surface area contributed by atoms with Gasteiger partial charge in [-0.15, -0.1) is 0 Å². The molecule has 16 heavy (non-hydrogen) atoms. The maximum absolute atomic E-state index is 7.26. The SMILES string of the molecule is [C]#Cc1[c]ccc2c1Sc1ccccc1S2. The third kappa shape index (κ3) is 1.53. The van der Waals surface area contributed by atoms with Crippen LogP contribution in [0.4, 0.5) is 0 Å². The molecule has 0 aromatic heterocycles. The monoisotopic (exact) mass is 238 g/mol. The first kappa shape index (κ1) is 9.89. The molecule has 0 fully saturated rings. The van der Waals surface area contributed by atoms with Crippen molar-refractivity contribution in [2.45, 2.75) is 19.6 Å². The summed E-state index contributed by atoms with van der Waals surface area (Å²) in [5.74, 6) is 2.45. The van der Waals surface area contributed by atoms with Gasteiger partial charge in [-0.3, -0.25) is 0 Å². The molecule has 0 aliphatic carbocycles. The second-order valence-electron chi connectivity index (χ2n) is 3.32. The van der Waals surface area contributed by atoms with E-state index < -0.39 is 0 Å². The van der Waals surface area contributed by atoms with Gasteiger partial charge < -0.3 is 0 Å². The van der Waals surface area contributed by atoms with E-state index in [0.717, 1.165) is 10.5 Å². The van der Waals surface area contributed by atoms with Crippen LogP contribution in [-0.4, -0.2) is 0 Å². The van der Waals surface area contributed by atoms with Crippen LogP contribution in [-0.2, 0) is 0 Å². The number of hydrogen-bond donors (Lipinski definition) is 0. The summed E-state index contributed by atoms with van der Waals surface area (Å²) >= 11 is 3.45. The lowest BCUT2D eigenvalue weighted by atomic mass is 10.2. The van der Waals surface area contributed by atoms with Crippen molar-refractivity contribution in [2.75, 3.05) is 0 Å². The molecule has 74 valence electrons. The smallest absolute Gasteiger partial charge is 0.0485 e. The Hall–Kier alpha value is -1.30. The Balaban J connectivity index is 2.16. The van der Waals surface area contributed by atoms with Crippen LogP contribution >= 0.6 is 23.5 Å². The van der Waals surface area contributed by atoms with Crippen LogP contribution in [0.2, 0.25) is 0 Å². The molecule has 1 aliphatic rings. The molecule has 0 spiro atoms. The number of benzene rings is 2. The van der Waals surface area contributed by atoms with E-state index in [1.54, 1.807) is 23.5 Å². The molecule has 0 amide bonds. The lowest BCUT2D eigenvalue weighted by Gasteiger charge is -2.18. The van der Waals surface area contributed by atoms with Crippen LogP contribution in [0.5, 0.6) is 0 Å². The normalized spacial score (nSPS) is 12.4. The van der Waals surface area contributed by atoms with Gasteiger partial charge in [-0.05, 0) is 30.7 Å². The van der Waals surface area contributed by atoms with E-state index in [1.165, 1.54) is 14.7 Å². The zero-order valence-electron chi connectivity index (χ0n) is 8.28. The summed E-state index contributed by atoms with van der Waals surface area (Å²) in [5.41, 5.74) is 0.754. The molecule has 0 saturated heterocycles. The minimum Gasteiger partial charge on any atom is -0.0877 e. The van der Waals surface area contributed by atoms with Crippen molar-refractivity contribution in [1.82, 2.24) is 0 Å². The molecule has 0 bridgehead atoms. The summed E-state index contributed by atoms with van der Waals surface area (Å²) in [6, 6.07) is 15.3. The Morgan fingerprint density at radius 3 is 2.50 bits per heavy atom. The van der Waals surface area contributed by atoms with Crippen LogP contribution in [0.15, 0.2) is 56.0 Å². The van der Waals surface area contributed by atoms with Gasteiger partial charge in [0.15, 0.2) is 0 Å². The van der Waals surface area contributed by atoms with E-state index in [4.69, 9.17) is 6.42 Å². The van der Waals surface area contributed by atoms with Gasteiger partial charge in [0.25, 0.3) is 0 Å². The first-order valence-corrected chi connectivity index (χ1v) is 6.44. The molecule has 2 heteroatoms. The molecule has 1 aliphatic heterocycles. The molecule has 2 aromatic rings. The maximum Gasteiger partial charge on any atom is 0.0485 e. The van der Waals surface area contributed by atoms with Crippen molar-refractivity contribution in [1.29, 1.82) is 0 Å². The lowest BCUT2D eigenvalue weighted by Crippen LogP contribution is -1.92. The fourth-order valence-corrected chi connectivity index (χ4v) is 3.89. The Labute approximate surface area is 103 Å². The Bertz CT molecular complexity index is 594. The summed E-state index contributed by atoms with van der Waals surface area (Å²) < 4.78 is 0. The molecule has 0 unspecified atom stereocenters. The number of fused-ring (bicyclic) bond motifs is 2. The minimum atomic E-state index is 0.754. The molecule has 0 saturated carbocycles. The summed E-state index contributed by atoms with van der Waals surface area (Å²) in [6.07, 6.45) is 7.26. The zero-order valence-corrected chi connectivity index (χ0v) is 9.91. The van der Waals surface area contributed by atoms with Gasteiger partial charge in [0.1, 0.15) is 0 Å². The van der Waals surface area contributed by atoms with Crippen molar-refractivity contribution in [3.63, 3.8) is 0 Å².